The fraction of sp³-hybridized carbons (Fsp3) is 0.133. The number of hydrogen-bond donors (Lipinski definition) is 2. The SMILES string of the molecule is Nc1c(NCCc2ccccc2)ncnc1-n1cccn1. The molecule has 2 heterocycles. The van der Waals surface area contributed by atoms with Gasteiger partial charge in [-0.05, 0) is 18.1 Å². The van der Waals surface area contributed by atoms with Gasteiger partial charge in [0.15, 0.2) is 11.6 Å². The molecular weight excluding hydrogens is 264 g/mol. The molecular formula is C15H16N6. The van der Waals surface area contributed by atoms with Gasteiger partial charge < -0.3 is 11.1 Å². The van der Waals surface area contributed by atoms with E-state index in [9.17, 15) is 0 Å². The summed E-state index contributed by atoms with van der Waals surface area (Å²) < 4.78 is 1.62. The van der Waals surface area contributed by atoms with Crippen molar-refractivity contribution in [2.75, 3.05) is 17.6 Å². The Kier molecular flexibility index (Phi) is 3.77. The summed E-state index contributed by atoms with van der Waals surface area (Å²) in [5.74, 6) is 1.21. The predicted octanol–water partition coefficient (Wildman–Crippen LogP) is 1.90. The molecule has 6 heteroatoms. The summed E-state index contributed by atoms with van der Waals surface area (Å²) in [6.07, 6.45) is 5.87. The van der Waals surface area contributed by atoms with Gasteiger partial charge >= 0.3 is 0 Å². The van der Waals surface area contributed by atoms with Crippen molar-refractivity contribution in [2.45, 2.75) is 6.42 Å². The number of anilines is 2. The summed E-state index contributed by atoms with van der Waals surface area (Å²) in [5.41, 5.74) is 7.87. The maximum Gasteiger partial charge on any atom is 0.181 e. The van der Waals surface area contributed by atoms with E-state index in [1.54, 1.807) is 17.1 Å². The van der Waals surface area contributed by atoms with Crippen LogP contribution in [0.2, 0.25) is 0 Å². The van der Waals surface area contributed by atoms with Crippen molar-refractivity contribution in [2.24, 2.45) is 0 Å². The van der Waals surface area contributed by atoms with Crippen LogP contribution in [0.25, 0.3) is 5.82 Å². The molecule has 0 aliphatic rings. The topological polar surface area (TPSA) is 81.6 Å². The van der Waals surface area contributed by atoms with Crippen molar-refractivity contribution in [1.29, 1.82) is 0 Å². The molecule has 3 aromatic rings. The van der Waals surface area contributed by atoms with Gasteiger partial charge in [0.2, 0.25) is 0 Å². The first kappa shape index (κ1) is 13.1. The zero-order valence-corrected chi connectivity index (χ0v) is 11.5. The number of nitrogens with zero attached hydrogens (tertiary/aromatic N) is 4. The van der Waals surface area contributed by atoms with Crippen LogP contribution in [0, 0.1) is 0 Å². The van der Waals surface area contributed by atoms with Gasteiger partial charge in [-0.1, -0.05) is 30.3 Å². The van der Waals surface area contributed by atoms with E-state index in [0.717, 1.165) is 13.0 Å². The van der Waals surface area contributed by atoms with Gasteiger partial charge in [-0.2, -0.15) is 5.10 Å². The standard InChI is InChI=1S/C15H16N6/c16-13-14(17-9-7-12-5-2-1-3-6-12)18-11-19-15(13)21-10-4-8-20-21/h1-6,8,10-11H,7,9,16H2,(H,17,18,19). The third kappa shape index (κ3) is 3.00. The average molecular weight is 280 g/mol. The molecule has 106 valence electrons. The van der Waals surface area contributed by atoms with Crippen LogP contribution >= 0.6 is 0 Å². The number of aromatic nitrogens is 4. The Morgan fingerprint density at radius 3 is 2.71 bits per heavy atom. The molecule has 0 aliphatic heterocycles. The first-order valence-corrected chi connectivity index (χ1v) is 6.73. The Morgan fingerprint density at radius 1 is 1.10 bits per heavy atom. The molecule has 6 nitrogen and oxygen atoms in total. The summed E-state index contributed by atoms with van der Waals surface area (Å²) in [4.78, 5) is 8.36. The van der Waals surface area contributed by atoms with Gasteiger partial charge in [0, 0.05) is 18.9 Å². The van der Waals surface area contributed by atoms with Gasteiger partial charge in [0.1, 0.15) is 12.0 Å². The van der Waals surface area contributed by atoms with Crippen molar-refractivity contribution in [3.8, 4) is 5.82 Å². The molecule has 0 amide bonds. The van der Waals surface area contributed by atoms with Gasteiger partial charge in [0.05, 0.1) is 0 Å². The van der Waals surface area contributed by atoms with Crippen LogP contribution in [0.3, 0.4) is 0 Å². The molecule has 3 rings (SSSR count). The lowest BCUT2D eigenvalue weighted by molar-refractivity contribution is 0.842. The molecule has 0 atom stereocenters. The summed E-state index contributed by atoms with van der Waals surface area (Å²) in [7, 11) is 0. The molecule has 1 aromatic carbocycles. The Morgan fingerprint density at radius 2 is 1.95 bits per heavy atom. The second kappa shape index (κ2) is 6.04. The maximum atomic E-state index is 6.11. The molecule has 21 heavy (non-hydrogen) atoms. The molecule has 0 bridgehead atoms. The van der Waals surface area contributed by atoms with Crippen molar-refractivity contribution in [1.82, 2.24) is 19.7 Å². The Bertz CT molecular complexity index is 693. The Balaban J connectivity index is 1.70. The van der Waals surface area contributed by atoms with Crippen molar-refractivity contribution in [3.05, 3.63) is 60.7 Å². The zero-order chi connectivity index (χ0) is 14.5. The molecule has 0 saturated heterocycles. The van der Waals surface area contributed by atoms with Crippen molar-refractivity contribution in [3.63, 3.8) is 0 Å². The van der Waals surface area contributed by atoms with Crippen LogP contribution in [-0.2, 0) is 6.42 Å². The summed E-state index contributed by atoms with van der Waals surface area (Å²) in [5, 5.41) is 7.38. The minimum Gasteiger partial charge on any atom is -0.393 e. The lowest BCUT2D eigenvalue weighted by atomic mass is 10.1. The monoisotopic (exact) mass is 280 g/mol. The van der Waals surface area contributed by atoms with Gasteiger partial charge in [-0.25, -0.2) is 14.6 Å². The van der Waals surface area contributed by atoms with Gasteiger partial charge in [-0.3, -0.25) is 0 Å². The molecule has 0 radical (unpaired) electrons. The summed E-state index contributed by atoms with van der Waals surface area (Å²) >= 11 is 0. The van der Waals surface area contributed by atoms with Crippen molar-refractivity contribution >= 4 is 11.5 Å². The fourth-order valence-corrected chi connectivity index (χ4v) is 2.07. The van der Waals surface area contributed by atoms with E-state index >= 15 is 0 Å². The second-order valence-electron chi connectivity index (χ2n) is 4.57. The first-order chi connectivity index (χ1) is 10.3. The van der Waals surface area contributed by atoms with Gasteiger partial charge in [0.25, 0.3) is 0 Å². The molecule has 3 N–H and O–H groups in total. The molecule has 0 saturated carbocycles. The smallest absolute Gasteiger partial charge is 0.181 e. The minimum atomic E-state index is 0.495. The highest BCUT2D eigenvalue weighted by molar-refractivity contribution is 5.68. The Labute approximate surface area is 122 Å². The van der Waals surface area contributed by atoms with Crippen LogP contribution in [0.5, 0.6) is 0 Å². The number of nitrogen functional groups attached to an aromatic ring is 1. The highest BCUT2D eigenvalue weighted by Crippen LogP contribution is 2.20. The van der Waals surface area contributed by atoms with E-state index in [2.05, 4.69) is 32.5 Å². The van der Waals surface area contributed by atoms with Crippen LogP contribution in [0.15, 0.2) is 55.1 Å². The molecule has 2 aromatic heterocycles. The number of benzene rings is 1. The van der Waals surface area contributed by atoms with Gasteiger partial charge in [-0.15, -0.1) is 0 Å². The van der Waals surface area contributed by atoms with Crippen LogP contribution in [0.4, 0.5) is 11.5 Å². The number of nitrogens with one attached hydrogen (secondary N) is 1. The van der Waals surface area contributed by atoms with E-state index in [-0.39, 0.29) is 0 Å². The summed E-state index contributed by atoms with van der Waals surface area (Å²) in [6.45, 7) is 0.754. The maximum absolute atomic E-state index is 6.11. The van der Waals surface area contributed by atoms with E-state index in [4.69, 9.17) is 5.73 Å². The third-order valence-corrected chi connectivity index (χ3v) is 3.13. The Hall–Kier alpha value is -2.89. The number of nitrogens with two attached hydrogens (primary N) is 1. The largest absolute Gasteiger partial charge is 0.393 e. The lowest BCUT2D eigenvalue weighted by Crippen LogP contribution is -2.12. The van der Waals surface area contributed by atoms with E-state index in [0.29, 0.717) is 17.3 Å². The van der Waals surface area contributed by atoms with Crippen LogP contribution < -0.4 is 11.1 Å². The fourth-order valence-electron chi connectivity index (χ4n) is 2.07. The number of hydrogen-bond acceptors (Lipinski definition) is 5. The second-order valence-corrected chi connectivity index (χ2v) is 4.57. The number of rotatable bonds is 5. The lowest BCUT2D eigenvalue weighted by Gasteiger charge is -2.11. The molecule has 0 unspecified atom stereocenters. The van der Waals surface area contributed by atoms with Crippen LogP contribution in [-0.4, -0.2) is 26.3 Å². The highest BCUT2D eigenvalue weighted by Gasteiger charge is 2.09. The van der Waals surface area contributed by atoms with Crippen LogP contribution in [0.1, 0.15) is 5.56 Å². The zero-order valence-electron chi connectivity index (χ0n) is 11.5. The normalized spacial score (nSPS) is 10.5. The molecule has 0 aliphatic carbocycles. The van der Waals surface area contributed by atoms with E-state index in [1.165, 1.54) is 11.9 Å². The van der Waals surface area contributed by atoms with Crippen molar-refractivity contribution < 1.29 is 0 Å². The highest BCUT2D eigenvalue weighted by atomic mass is 15.3. The summed E-state index contributed by atoms with van der Waals surface area (Å²) in [6, 6.07) is 12.1. The molecule has 0 fully saturated rings. The van der Waals surface area contributed by atoms with E-state index in [1.807, 2.05) is 24.3 Å². The molecule has 0 spiro atoms. The average Bonchev–Trinajstić information content (AvgIpc) is 3.04. The first-order valence-electron chi connectivity index (χ1n) is 6.73. The van der Waals surface area contributed by atoms with E-state index < -0.39 is 0 Å². The third-order valence-electron chi connectivity index (χ3n) is 3.13. The minimum absolute atomic E-state index is 0.495. The predicted molar refractivity (Wildman–Crippen MR) is 82.2 cm³/mol. The quantitative estimate of drug-likeness (QED) is 0.746.